The second kappa shape index (κ2) is 5.08. The van der Waals surface area contributed by atoms with Gasteiger partial charge >= 0.3 is 5.97 Å². The van der Waals surface area contributed by atoms with Gasteiger partial charge in [-0.3, -0.25) is 4.79 Å². The number of ether oxygens (including phenoxy) is 1. The van der Waals surface area contributed by atoms with E-state index in [1.54, 1.807) is 6.08 Å². The van der Waals surface area contributed by atoms with E-state index in [0.717, 1.165) is 12.7 Å². The molecule has 2 rings (SSSR count). The highest BCUT2D eigenvalue weighted by Gasteiger charge is 2.61. The lowest BCUT2D eigenvalue weighted by Gasteiger charge is -2.19. The highest BCUT2D eigenvalue weighted by Crippen LogP contribution is 2.46. The van der Waals surface area contributed by atoms with E-state index in [9.17, 15) is 9.59 Å². The van der Waals surface area contributed by atoms with Gasteiger partial charge in [0.25, 0.3) is 6.71 Å². The molecule has 2 aliphatic rings. The highest BCUT2D eigenvalue weighted by atomic mass is 16.5. The first-order chi connectivity index (χ1) is 9.08. The van der Waals surface area contributed by atoms with E-state index in [-0.39, 0.29) is 24.4 Å². The number of methoxy groups -OCH3 is 1. The van der Waals surface area contributed by atoms with Crippen LogP contribution in [0.5, 0.6) is 0 Å². The van der Waals surface area contributed by atoms with E-state index in [2.05, 4.69) is 17.9 Å². The van der Waals surface area contributed by atoms with Crippen LogP contribution in [0.3, 0.4) is 0 Å². The molecule has 1 saturated heterocycles. The van der Waals surface area contributed by atoms with Crippen LogP contribution >= 0.6 is 0 Å². The van der Waals surface area contributed by atoms with Crippen LogP contribution in [0, 0.1) is 17.1 Å². The largest absolute Gasteiger partial charge is 0.467 e. The number of carbonyl (C=O) groups excluding carboxylic acids is 2. The maximum absolute atomic E-state index is 12.2. The third-order valence-electron chi connectivity index (χ3n) is 4.21. The van der Waals surface area contributed by atoms with Gasteiger partial charge in [0.15, 0.2) is 0 Å². The molecule has 19 heavy (non-hydrogen) atoms. The molecule has 5 nitrogen and oxygen atoms in total. The molecule has 0 bridgehead atoms. The van der Waals surface area contributed by atoms with E-state index in [1.807, 2.05) is 0 Å². The molecule has 1 aliphatic carbocycles. The van der Waals surface area contributed by atoms with E-state index >= 15 is 0 Å². The van der Waals surface area contributed by atoms with Crippen LogP contribution in [0.1, 0.15) is 19.3 Å². The van der Waals surface area contributed by atoms with Gasteiger partial charge < -0.3 is 10.1 Å². The fraction of sp³-hybridized carbons (Fsp3) is 0.615. The lowest BCUT2D eigenvalue weighted by Crippen LogP contribution is -2.48. The molecule has 0 aromatic rings. The molecule has 0 spiro atoms. The molecule has 0 aromatic heterocycles. The predicted molar refractivity (Wildman–Crippen MR) is 70.4 cm³/mol. The molecule has 0 radical (unpaired) electrons. The average molecular weight is 260 g/mol. The third-order valence-corrected chi connectivity index (χ3v) is 4.21. The highest BCUT2D eigenvalue weighted by molar-refractivity contribution is 6.72. The number of nitriles is 1. The van der Waals surface area contributed by atoms with Gasteiger partial charge in [-0.15, -0.1) is 6.58 Å². The van der Waals surface area contributed by atoms with Gasteiger partial charge in [0, 0.05) is 17.7 Å². The van der Waals surface area contributed by atoms with Crippen LogP contribution in [0.25, 0.3) is 0 Å². The summed E-state index contributed by atoms with van der Waals surface area (Å²) in [7, 11) is 1.31. The van der Waals surface area contributed by atoms with Crippen molar-refractivity contribution in [3.05, 3.63) is 12.7 Å². The number of nitrogens with one attached hydrogen (secondary N) is 1. The minimum atomic E-state index is -0.948. The molecular weight excluding hydrogens is 243 g/mol. The van der Waals surface area contributed by atoms with Crippen LogP contribution in [-0.2, 0) is 14.3 Å². The van der Waals surface area contributed by atoms with E-state index < -0.39 is 11.5 Å². The Morgan fingerprint density at radius 2 is 2.37 bits per heavy atom. The zero-order chi connectivity index (χ0) is 14.0. The fourth-order valence-electron chi connectivity index (χ4n) is 2.92. The molecular formula is C13H17BN2O3. The molecule has 2 unspecified atom stereocenters. The molecule has 1 amide bonds. The first-order valence-corrected chi connectivity index (χ1v) is 6.51. The number of esters is 1. The van der Waals surface area contributed by atoms with Crippen LogP contribution in [0.15, 0.2) is 12.7 Å². The Balaban J connectivity index is 2.07. The lowest BCUT2D eigenvalue weighted by molar-refractivity contribution is -0.146. The molecule has 1 saturated carbocycles. The van der Waals surface area contributed by atoms with Crippen molar-refractivity contribution in [2.75, 3.05) is 7.11 Å². The number of nitrogens with zero attached hydrogens (tertiary/aromatic N) is 1. The summed E-state index contributed by atoms with van der Waals surface area (Å²) in [4.78, 5) is 24.1. The molecule has 1 N–H and O–H groups in total. The van der Waals surface area contributed by atoms with Crippen molar-refractivity contribution in [3.63, 3.8) is 0 Å². The summed E-state index contributed by atoms with van der Waals surface area (Å²) >= 11 is 0. The van der Waals surface area contributed by atoms with Crippen molar-refractivity contribution in [1.82, 2.24) is 5.32 Å². The predicted octanol–water partition coefficient (Wildman–Crippen LogP) is 0.942. The number of hydrogen-bond donors (Lipinski definition) is 1. The number of carbonyl (C=O) groups is 2. The Morgan fingerprint density at radius 1 is 1.63 bits per heavy atom. The summed E-state index contributed by atoms with van der Waals surface area (Å²) in [6, 6.07) is 0. The van der Waals surface area contributed by atoms with Gasteiger partial charge in [-0.25, -0.2) is 10.1 Å². The van der Waals surface area contributed by atoms with Crippen molar-refractivity contribution in [2.45, 2.75) is 36.9 Å². The normalized spacial score (nSPS) is 32.3. The number of hydrogen-bond acceptors (Lipinski definition) is 4. The summed E-state index contributed by atoms with van der Waals surface area (Å²) in [5, 5.41) is 11.8. The quantitative estimate of drug-likeness (QED) is 0.463. The van der Waals surface area contributed by atoms with Crippen molar-refractivity contribution in [2.24, 2.45) is 5.92 Å². The van der Waals surface area contributed by atoms with Gasteiger partial charge in [-0.05, 0) is 12.8 Å². The average Bonchev–Trinajstić information content (AvgIpc) is 2.92. The van der Waals surface area contributed by atoms with E-state index in [1.165, 1.54) is 7.11 Å². The van der Waals surface area contributed by atoms with Gasteiger partial charge in [0.1, 0.15) is 5.54 Å². The summed E-state index contributed by atoms with van der Waals surface area (Å²) < 4.78 is 4.76. The molecule has 6 heteroatoms. The molecule has 100 valence electrons. The Hall–Kier alpha value is -1.77. The summed E-state index contributed by atoms with van der Waals surface area (Å²) in [6.07, 6.45) is 4.53. The maximum Gasteiger partial charge on any atom is 0.332 e. The topological polar surface area (TPSA) is 79.2 Å². The second-order valence-corrected chi connectivity index (χ2v) is 5.27. The van der Waals surface area contributed by atoms with Crippen molar-refractivity contribution < 1.29 is 14.3 Å². The lowest BCUT2D eigenvalue weighted by atomic mass is 9.44. The standard InChI is InChI=1S/C13H17BN2O3/c1-3-9-7-13(9,12(18)19-2)16-11(17)10-5-4-6-14(10)8-15/h3,9-10H,1,4-7H2,2H3,(H,16,17)/t9?,10?,13-/m1/s1. The Morgan fingerprint density at radius 3 is 2.89 bits per heavy atom. The van der Waals surface area contributed by atoms with Crippen LogP contribution in [0.4, 0.5) is 0 Å². The third kappa shape index (κ3) is 2.25. The Labute approximate surface area is 113 Å². The number of rotatable bonds is 4. The summed E-state index contributed by atoms with van der Waals surface area (Å²) in [5.74, 6) is 1.14. The van der Waals surface area contributed by atoms with E-state index in [0.29, 0.717) is 12.8 Å². The van der Waals surface area contributed by atoms with Crippen LogP contribution < -0.4 is 5.32 Å². The molecule has 2 fully saturated rings. The molecule has 0 aromatic carbocycles. The second-order valence-electron chi connectivity index (χ2n) is 5.27. The van der Waals surface area contributed by atoms with Gasteiger partial charge in [0.2, 0.25) is 5.91 Å². The SMILES string of the molecule is C=CC1C[C@]1(NC(=O)C1CCCB1C#N)C(=O)OC. The fourth-order valence-corrected chi connectivity index (χ4v) is 2.92. The Bertz CT molecular complexity index is 459. The van der Waals surface area contributed by atoms with Crippen LogP contribution in [-0.4, -0.2) is 31.2 Å². The van der Waals surface area contributed by atoms with Crippen molar-refractivity contribution in [3.8, 4) is 5.97 Å². The monoisotopic (exact) mass is 260 g/mol. The van der Waals surface area contributed by atoms with Gasteiger partial charge in [-0.2, -0.15) is 0 Å². The molecule has 1 heterocycles. The zero-order valence-corrected chi connectivity index (χ0v) is 11.0. The summed E-state index contributed by atoms with van der Waals surface area (Å²) in [5.41, 5.74) is -0.948. The first kappa shape index (κ1) is 13.7. The minimum Gasteiger partial charge on any atom is -0.467 e. The number of amides is 1. The van der Waals surface area contributed by atoms with Crippen LogP contribution in [0.2, 0.25) is 12.1 Å². The zero-order valence-electron chi connectivity index (χ0n) is 11.0. The van der Waals surface area contributed by atoms with Gasteiger partial charge in [-0.1, -0.05) is 18.8 Å². The van der Waals surface area contributed by atoms with Crippen molar-refractivity contribution in [1.29, 1.82) is 5.26 Å². The molecule has 1 aliphatic heterocycles. The van der Waals surface area contributed by atoms with Gasteiger partial charge in [0.05, 0.1) is 7.11 Å². The first-order valence-electron chi connectivity index (χ1n) is 6.51. The summed E-state index contributed by atoms with van der Waals surface area (Å²) in [6.45, 7) is 3.42. The Kier molecular flexibility index (Phi) is 3.65. The maximum atomic E-state index is 12.2. The van der Waals surface area contributed by atoms with Crippen molar-refractivity contribution >= 4 is 18.6 Å². The minimum absolute atomic E-state index is 0.0779. The molecule has 3 atom stereocenters. The van der Waals surface area contributed by atoms with E-state index in [4.69, 9.17) is 10.00 Å². The smallest absolute Gasteiger partial charge is 0.332 e.